The molecule has 1 rings (SSSR count). The molecule has 1 aromatic rings. The number of aryl methyl sites for hydroxylation is 1. The Morgan fingerprint density at radius 3 is 2.53 bits per heavy atom. The van der Waals surface area contributed by atoms with Gasteiger partial charge >= 0.3 is 0 Å². The third-order valence-corrected chi connectivity index (χ3v) is 3.01. The summed E-state index contributed by atoms with van der Waals surface area (Å²) < 4.78 is 0. The van der Waals surface area contributed by atoms with Crippen LogP contribution in [0, 0.1) is 0 Å². The molecule has 0 unspecified atom stereocenters. The summed E-state index contributed by atoms with van der Waals surface area (Å²) in [6.07, 6.45) is 1.81. The van der Waals surface area contributed by atoms with Crippen molar-refractivity contribution in [3.63, 3.8) is 0 Å². The number of nitrogens with zero attached hydrogens (tertiary/aromatic N) is 2. The van der Waals surface area contributed by atoms with E-state index in [2.05, 4.69) is 24.1 Å². The molecule has 0 aliphatic rings. The van der Waals surface area contributed by atoms with E-state index in [4.69, 9.17) is 0 Å². The Bertz CT molecular complexity index is 418. The highest BCUT2D eigenvalue weighted by Crippen LogP contribution is 2.14. The Hall–Kier alpha value is -1.58. The van der Waals surface area contributed by atoms with Gasteiger partial charge in [0.05, 0.1) is 0 Å². The Morgan fingerprint density at radius 2 is 2.00 bits per heavy atom. The predicted molar refractivity (Wildman–Crippen MR) is 79.6 cm³/mol. The van der Waals surface area contributed by atoms with Crippen LogP contribution in [-0.4, -0.2) is 35.4 Å². The first-order valence-electron chi connectivity index (χ1n) is 7.20. The van der Waals surface area contributed by atoms with E-state index in [1.807, 2.05) is 30.9 Å². The Labute approximate surface area is 116 Å². The SMILES string of the molecule is CCCN(CC)C(=O)c1cc(CC)nc(NCC)c1. The minimum atomic E-state index is 0.0978. The fourth-order valence-electron chi connectivity index (χ4n) is 2.02. The van der Waals surface area contributed by atoms with Crippen LogP contribution in [0.5, 0.6) is 0 Å². The topological polar surface area (TPSA) is 45.2 Å². The zero-order chi connectivity index (χ0) is 14.3. The molecule has 19 heavy (non-hydrogen) atoms. The minimum absolute atomic E-state index is 0.0978. The molecule has 1 amide bonds. The van der Waals surface area contributed by atoms with Crippen LogP contribution in [0.25, 0.3) is 0 Å². The van der Waals surface area contributed by atoms with Crippen molar-refractivity contribution in [2.45, 2.75) is 40.5 Å². The number of hydrogen-bond donors (Lipinski definition) is 1. The van der Waals surface area contributed by atoms with Crippen molar-refractivity contribution >= 4 is 11.7 Å². The molecule has 0 aliphatic carbocycles. The number of pyridine rings is 1. The number of rotatable bonds is 7. The lowest BCUT2D eigenvalue weighted by Crippen LogP contribution is -2.31. The maximum Gasteiger partial charge on any atom is 0.254 e. The van der Waals surface area contributed by atoms with Crippen LogP contribution < -0.4 is 5.32 Å². The molecule has 106 valence electrons. The molecule has 0 aliphatic heterocycles. The lowest BCUT2D eigenvalue weighted by Gasteiger charge is -2.20. The molecular formula is C15H25N3O. The predicted octanol–water partition coefficient (Wildman–Crippen LogP) is 2.95. The van der Waals surface area contributed by atoms with Gasteiger partial charge in [0, 0.05) is 30.9 Å². The van der Waals surface area contributed by atoms with Crippen LogP contribution in [0.1, 0.15) is 50.2 Å². The third kappa shape index (κ3) is 4.23. The van der Waals surface area contributed by atoms with Crippen molar-refractivity contribution in [2.75, 3.05) is 25.0 Å². The van der Waals surface area contributed by atoms with Crippen molar-refractivity contribution in [1.29, 1.82) is 0 Å². The highest BCUT2D eigenvalue weighted by atomic mass is 16.2. The van der Waals surface area contributed by atoms with Gasteiger partial charge in [0.25, 0.3) is 5.91 Å². The van der Waals surface area contributed by atoms with Crippen LogP contribution in [-0.2, 0) is 6.42 Å². The normalized spacial score (nSPS) is 10.3. The van der Waals surface area contributed by atoms with E-state index in [1.54, 1.807) is 0 Å². The van der Waals surface area contributed by atoms with Crippen molar-refractivity contribution in [2.24, 2.45) is 0 Å². The van der Waals surface area contributed by atoms with Gasteiger partial charge in [-0.3, -0.25) is 4.79 Å². The summed E-state index contributed by atoms with van der Waals surface area (Å²) in [6, 6.07) is 3.75. The lowest BCUT2D eigenvalue weighted by molar-refractivity contribution is 0.0764. The van der Waals surface area contributed by atoms with Crippen molar-refractivity contribution in [1.82, 2.24) is 9.88 Å². The second-order valence-corrected chi connectivity index (χ2v) is 4.50. The first kappa shape index (κ1) is 15.5. The maximum atomic E-state index is 12.5. The number of aromatic nitrogens is 1. The minimum Gasteiger partial charge on any atom is -0.370 e. The molecule has 0 bridgehead atoms. The van der Waals surface area contributed by atoms with Gasteiger partial charge in [0.2, 0.25) is 0 Å². The van der Waals surface area contributed by atoms with Crippen molar-refractivity contribution in [3.8, 4) is 0 Å². The molecule has 0 radical (unpaired) electrons. The molecule has 0 saturated heterocycles. The van der Waals surface area contributed by atoms with Gasteiger partial charge in [-0.2, -0.15) is 0 Å². The summed E-state index contributed by atoms with van der Waals surface area (Å²) in [6.45, 7) is 10.5. The number of carbonyl (C=O) groups excluding carboxylic acids is 1. The third-order valence-electron chi connectivity index (χ3n) is 3.01. The van der Waals surface area contributed by atoms with E-state index >= 15 is 0 Å². The highest BCUT2D eigenvalue weighted by Gasteiger charge is 2.15. The quantitative estimate of drug-likeness (QED) is 0.822. The summed E-state index contributed by atoms with van der Waals surface area (Å²) in [7, 11) is 0. The fourth-order valence-corrected chi connectivity index (χ4v) is 2.02. The van der Waals surface area contributed by atoms with Crippen LogP contribution in [0.4, 0.5) is 5.82 Å². The van der Waals surface area contributed by atoms with Crippen LogP contribution >= 0.6 is 0 Å². The average molecular weight is 263 g/mol. The molecule has 0 fully saturated rings. The molecule has 0 atom stereocenters. The first-order chi connectivity index (χ1) is 9.15. The standard InChI is InChI=1S/C15H25N3O/c1-5-9-18(8-4)15(19)12-10-13(6-2)17-14(11-12)16-7-3/h10-11H,5-9H2,1-4H3,(H,16,17). The fraction of sp³-hybridized carbons (Fsp3) is 0.600. The van der Waals surface area contributed by atoms with E-state index < -0.39 is 0 Å². The van der Waals surface area contributed by atoms with Crippen LogP contribution in [0.2, 0.25) is 0 Å². The summed E-state index contributed by atoms with van der Waals surface area (Å²) in [5, 5.41) is 3.18. The monoisotopic (exact) mass is 263 g/mol. The number of hydrogen-bond acceptors (Lipinski definition) is 3. The van der Waals surface area contributed by atoms with Gasteiger partial charge in [0.15, 0.2) is 0 Å². The Kier molecular flexibility index (Phi) is 6.33. The Balaban J connectivity index is 3.03. The van der Waals surface area contributed by atoms with Gasteiger partial charge in [-0.15, -0.1) is 0 Å². The number of carbonyl (C=O) groups is 1. The zero-order valence-corrected chi connectivity index (χ0v) is 12.5. The molecule has 1 heterocycles. The lowest BCUT2D eigenvalue weighted by atomic mass is 10.1. The second-order valence-electron chi connectivity index (χ2n) is 4.50. The van der Waals surface area contributed by atoms with Gasteiger partial charge in [-0.1, -0.05) is 13.8 Å². The summed E-state index contributed by atoms with van der Waals surface area (Å²) in [5.74, 6) is 0.887. The van der Waals surface area contributed by atoms with E-state index in [9.17, 15) is 4.79 Å². The summed E-state index contributed by atoms with van der Waals surface area (Å²) >= 11 is 0. The number of amides is 1. The van der Waals surface area contributed by atoms with Gasteiger partial charge in [0.1, 0.15) is 5.82 Å². The van der Waals surface area contributed by atoms with Gasteiger partial charge in [-0.25, -0.2) is 4.98 Å². The molecule has 0 aromatic carbocycles. The molecule has 4 nitrogen and oxygen atoms in total. The highest BCUT2D eigenvalue weighted by molar-refractivity contribution is 5.95. The molecule has 1 N–H and O–H groups in total. The van der Waals surface area contributed by atoms with E-state index in [0.29, 0.717) is 0 Å². The van der Waals surface area contributed by atoms with E-state index in [-0.39, 0.29) is 5.91 Å². The summed E-state index contributed by atoms with van der Waals surface area (Å²) in [5.41, 5.74) is 1.69. The van der Waals surface area contributed by atoms with Crippen LogP contribution in [0.15, 0.2) is 12.1 Å². The maximum absolute atomic E-state index is 12.5. The number of nitrogens with one attached hydrogen (secondary N) is 1. The molecule has 4 heteroatoms. The average Bonchev–Trinajstić information content (AvgIpc) is 2.44. The molecule has 0 saturated carbocycles. The first-order valence-corrected chi connectivity index (χ1v) is 7.20. The van der Waals surface area contributed by atoms with E-state index in [0.717, 1.165) is 49.6 Å². The zero-order valence-electron chi connectivity index (χ0n) is 12.5. The van der Waals surface area contributed by atoms with Gasteiger partial charge in [-0.05, 0) is 38.8 Å². The second kappa shape index (κ2) is 7.77. The van der Waals surface area contributed by atoms with E-state index in [1.165, 1.54) is 0 Å². The molecule has 0 spiro atoms. The number of anilines is 1. The van der Waals surface area contributed by atoms with Gasteiger partial charge < -0.3 is 10.2 Å². The smallest absolute Gasteiger partial charge is 0.254 e. The van der Waals surface area contributed by atoms with Crippen molar-refractivity contribution < 1.29 is 4.79 Å². The summed E-state index contributed by atoms with van der Waals surface area (Å²) in [4.78, 5) is 18.8. The van der Waals surface area contributed by atoms with Crippen molar-refractivity contribution in [3.05, 3.63) is 23.4 Å². The Morgan fingerprint density at radius 1 is 1.26 bits per heavy atom. The molecular weight excluding hydrogens is 238 g/mol. The largest absolute Gasteiger partial charge is 0.370 e. The molecule has 1 aromatic heterocycles. The van der Waals surface area contributed by atoms with Crippen LogP contribution in [0.3, 0.4) is 0 Å².